The van der Waals surface area contributed by atoms with E-state index < -0.39 is 23.9 Å². The molecule has 0 spiro atoms. The molecule has 1 N–H and O–H groups in total. The van der Waals surface area contributed by atoms with Gasteiger partial charge in [0.05, 0.1) is 23.6 Å². The second kappa shape index (κ2) is 7.35. The minimum atomic E-state index is -0.904. The highest BCUT2D eigenvalue weighted by Crippen LogP contribution is 2.45. The molecule has 3 aliphatic rings. The highest BCUT2D eigenvalue weighted by atomic mass is 35.5. The van der Waals surface area contributed by atoms with E-state index in [2.05, 4.69) is 10.4 Å². The molecule has 3 amide bonds. The number of halogens is 1. The number of rotatable bonds is 3. The number of carbonyl (C=O) groups is 3. The van der Waals surface area contributed by atoms with E-state index in [0.29, 0.717) is 16.4 Å². The van der Waals surface area contributed by atoms with Crippen LogP contribution in [0.1, 0.15) is 5.56 Å². The Labute approximate surface area is 184 Å². The molecule has 2 aromatic carbocycles. The van der Waals surface area contributed by atoms with Crippen LogP contribution in [0.5, 0.6) is 0 Å². The maximum absolute atomic E-state index is 13.4. The van der Waals surface area contributed by atoms with Gasteiger partial charge in [0.1, 0.15) is 6.04 Å². The normalized spacial score (nSPS) is 26.3. The summed E-state index contributed by atoms with van der Waals surface area (Å²) in [5.41, 5.74) is 2.10. The zero-order chi connectivity index (χ0) is 21.7. The molecule has 0 saturated carbocycles. The number of allylic oxidation sites excluding steroid dienone is 1. The molecule has 7 nitrogen and oxygen atoms in total. The quantitative estimate of drug-likeness (QED) is 0.753. The zero-order valence-corrected chi connectivity index (χ0v) is 17.4. The fourth-order valence-electron chi connectivity index (χ4n) is 4.54. The Morgan fingerprint density at radius 1 is 1.00 bits per heavy atom. The maximum atomic E-state index is 13.4. The van der Waals surface area contributed by atoms with E-state index in [9.17, 15) is 14.4 Å². The van der Waals surface area contributed by atoms with E-state index in [1.54, 1.807) is 53.7 Å². The number of benzene rings is 2. The van der Waals surface area contributed by atoms with E-state index in [1.807, 2.05) is 25.1 Å². The van der Waals surface area contributed by atoms with Gasteiger partial charge in [-0.2, -0.15) is 5.10 Å². The first kappa shape index (κ1) is 19.5. The molecule has 4 atom stereocenters. The molecule has 0 bridgehead atoms. The number of hydrogen-bond donors (Lipinski definition) is 1. The van der Waals surface area contributed by atoms with E-state index in [0.717, 1.165) is 5.56 Å². The van der Waals surface area contributed by atoms with Crippen molar-refractivity contribution >= 4 is 46.9 Å². The van der Waals surface area contributed by atoms with Gasteiger partial charge in [-0.15, -0.1) is 0 Å². The average molecular weight is 435 g/mol. The van der Waals surface area contributed by atoms with Crippen LogP contribution in [0.15, 0.2) is 65.8 Å². The highest BCUT2D eigenvalue weighted by molar-refractivity contribution is 6.30. The van der Waals surface area contributed by atoms with E-state index >= 15 is 0 Å². The van der Waals surface area contributed by atoms with Crippen LogP contribution in [-0.2, 0) is 14.4 Å². The van der Waals surface area contributed by atoms with Gasteiger partial charge in [-0.3, -0.25) is 19.4 Å². The van der Waals surface area contributed by atoms with Crippen LogP contribution >= 0.6 is 11.6 Å². The summed E-state index contributed by atoms with van der Waals surface area (Å²) >= 11 is 5.92. The summed E-state index contributed by atoms with van der Waals surface area (Å²) in [6.07, 6.45) is 5.13. The Kier molecular flexibility index (Phi) is 4.63. The first-order valence-corrected chi connectivity index (χ1v) is 10.3. The lowest BCUT2D eigenvalue weighted by Gasteiger charge is -2.30. The van der Waals surface area contributed by atoms with Gasteiger partial charge in [0.15, 0.2) is 0 Å². The predicted molar refractivity (Wildman–Crippen MR) is 118 cm³/mol. The summed E-state index contributed by atoms with van der Waals surface area (Å²) in [5.74, 6) is -2.58. The summed E-state index contributed by atoms with van der Waals surface area (Å²) in [6, 6.07) is 12.6. The lowest BCUT2D eigenvalue weighted by Crippen LogP contribution is -2.47. The average Bonchev–Trinajstić information content (AvgIpc) is 3.24. The van der Waals surface area contributed by atoms with Crippen LogP contribution in [0.2, 0.25) is 5.02 Å². The SMILES string of the molecule is Cc1ccc(N2C(=O)[C@@H]3[C@H](C2=O)[C@H](C(=O)Nc2ccc(Cl)cc2)N2N=CC=C[C@@H]32)cc1. The second-order valence-corrected chi connectivity index (χ2v) is 8.30. The Hall–Kier alpha value is -3.45. The maximum Gasteiger partial charge on any atom is 0.249 e. The Morgan fingerprint density at radius 3 is 2.39 bits per heavy atom. The molecule has 0 unspecified atom stereocenters. The van der Waals surface area contributed by atoms with Gasteiger partial charge in [-0.25, -0.2) is 4.90 Å². The minimum Gasteiger partial charge on any atom is -0.324 e. The number of hydrazone groups is 1. The predicted octanol–water partition coefficient (Wildman–Crippen LogP) is 3.00. The number of hydrogen-bond acceptors (Lipinski definition) is 5. The van der Waals surface area contributed by atoms with Gasteiger partial charge in [-0.1, -0.05) is 35.4 Å². The molecule has 3 aliphatic heterocycles. The Balaban J connectivity index is 1.50. The van der Waals surface area contributed by atoms with Crippen molar-refractivity contribution in [2.75, 3.05) is 10.2 Å². The third kappa shape index (κ3) is 3.13. The van der Waals surface area contributed by atoms with Gasteiger partial charge in [0.2, 0.25) is 17.7 Å². The number of carbonyl (C=O) groups excluding carboxylic acids is 3. The lowest BCUT2D eigenvalue weighted by atomic mass is 9.88. The summed E-state index contributed by atoms with van der Waals surface area (Å²) < 4.78 is 0. The molecule has 31 heavy (non-hydrogen) atoms. The minimum absolute atomic E-state index is 0.308. The number of anilines is 2. The fraction of sp³-hybridized carbons (Fsp3) is 0.217. The molecule has 2 aromatic rings. The molecule has 8 heteroatoms. The molecule has 5 rings (SSSR count). The van der Waals surface area contributed by atoms with Crippen molar-refractivity contribution in [1.82, 2.24) is 5.01 Å². The highest BCUT2D eigenvalue weighted by Gasteiger charge is 2.64. The van der Waals surface area contributed by atoms with Gasteiger partial charge in [0.25, 0.3) is 0 Å². The summed E-state index contributed by atoms with van der Waals surface area (Å²) in [7, 11) is 0. The molecule has 3 heterocycles. The summed E-state index contributed by atoms with van der Waals surface area (Å²) in [4.78, 5) is 41.3. The van der Waals surface area contributed by atoms with Gasteiger partial charge < -0.3 is 5.32 Å². The van der Waals surface area contributed by atoms with Crippen molar-refractivity contribution in [3.8, 4) is 0 Å². The molecule has 0 aliphatic carbocycles. The zero-order valence-electron chi connectivity index (χ0n) is 16.6. The Bertz CT molecular complexity index is 1110. The number of imide groups is 1. The molecular weight excluding hydrogens is 416 g/mol. The molecule has 156 valence electrons. The Morgan fingerprint density at radius 2 is 1.68 bits per heavy atom. The van der Waals surface area contributed by atoms with Crippen molar-refractivity contribution in [1.29, 1.82) is 0 Å². The number of amides is 3. The number of fused-ring (bicyclic) bond motifs is 3. The monoisotopic (exact) mass is 434 g/mol. The van der Waals surface area contributed by atoms with Crippen LogP contribution in [0.25, 0.3) is 0 Å². The van der Waals surface area contributed by atoms with Crippen molar-refractivity contribution in [2.24, 2.45) is 16.9 Å². The number of nitrogens with zero attached hydrogens (tertiary/aromatic N) is 3. The van der Waals surface area contributed by atoms with Crippen molar-refractivity contribution < 1.29 is 14.4 Å². The van der Waals surface area contributed by atoms with Crippen molar-refractivity contribution in [2.45, 2.75) is 19.0 Å². The smallest absolute Gasteiger partial charge is 0.249 e. The third-order valence-electron chi connectivity index (χ3n) is 5.96. The molecule has 2 fully saturated rings. The van der Waals surface area contributed by atoms with Crippen LogP contribution in [0.4, 0.5) is 11.4 Å². The summed E-state index contributed by atoms with van der Waals surface area (Å²) in [6.45, 7) is 1.94. The first-order valence-electron chi connectivity index (χ1n) is 9.96. The lowest BCUT2D eigenvalue weighted by molar-refractivity contribution is -0.129. The molecular formula is C23H19ClN4O3. The van der Waals surface area contributed by atoms with Gasteiger partial charge in [0, 0.05) is 16.9 Å². The third-order valence-corrected chi connectivity index (χ3v) is 6.22. The second-order valence-electron chi connectivity index (χ2n) is 7.86. The number of aryl methyl sites for hydroxylation is 1. The van der Waals surface area contributed by atoms with Crippen LogP contribution < -0.4 is 10.2 Å². The van der Waals surface area contributed by atoms with Gasteiger partial charge in [-0.05, 0) is 49.4 Å². The van der Waals surface area contributed by atoms with Crippen molar-refractivity contribution in [3.63, 3.8) is 0 Å². The molecule has 0 aromatic heterocycles. The van der Waals surface area contributed by atoms with Crippen LogP contribution in [0.3, 0.4) is 0 Å². The summed E-state index contributed by atoms with van der Waals surface area (Å²) in [5, 5.41) is 9.29. The van der Waals surface area contributed by atoms with E-state index in [1.165, 1.54) is 4.90 Å². The molecule has 0 radical (unpaired) electrons. The fourth-order valence-corrected chi connectivity index (χ4v) is 4.66. The van der Waals surface area contributed by atoms with E-state index in [4.69, 9.17) is 11.6 Å². The topological polar surface area (TPSA) is 82.1 Å². The van der Waals surface area contributed by atoms with Crippen LogP contribution in [-0.4, -0.2) is 41.0 Å². The standard InChI is InChI=1S/C23H19ClN4O3/c1-13-4-10-16(11-5-13)27-22(30)18-17-3-2-12-25-28(17)20(19(18)23(27)31)21(29)26-15-8-6-14(24)7-9-15/h2-12,17-20H,1H3,(H,26,29)/t17-,18-,19-,20+/m0/s1. The largest absolute Gasteiger partial charge is 0.324 e. The number of nitrogens with one attached hydrogen (secondary N) is 1. The van der Waals surface area contributed by atoms with Crippen molar-refractivity contribution in [3.05, 3.63) is 71.3 Å². The molecule has 2 saturated heterocycles. The van der Waals surface area contributed by atoms with Crippen LogP contribution in [0, 0.1) is 18.8 Å². The van der Waals surface area contributed by atoms with E-state index in [-0.39, 0.29) is 17.7 Å². The van der Waals surface area contributed by atoms with Gasteiger partial charge >= 0.3 is 0 Å². The first-order chi connectivity index (χ1) is 15.0.